The number of para-hydroxylation sites is 1. The Morgan fingerprint density at radius 2 is 1.59 bits per heavy atom. The number of aromatic nitrogens is 2. The number of carbonyl (C=O) groups excluding carboxylic acids is 3. The molecule has 166 valence electrons. The van der Waals surface area contributed by atoms with Crippen molar-refractivity contribution in [2.24, 2.45) is 5.92 Å². The summed E-state index contributed by atoms with van der Waals surface area (Å²) in [7, 11) is 0. The monoisotopic (exact) mass is 432 g/mol. The largest absolute Gasteiger partial charge is 0.460 e. The first-order chi connectivity index (χ1) is 15.2. The molecule has 2 aromatic carbocycles. The lowest BCUT2D eigenvalue weighted by Gasteiger charge is -2.33. The number of Topliss-reactive ketones (excluding diaryl/α,β-unsaturated/α-hetero) is 1. The molecule has 1 heterocycles. The normalized spacial score (nSPS) is 14.2. The minimum atomic E-state index is -1.25. The number of ketones is 1. The van der Waals surface area contributed by atoms with Crippen LogP contribution in [0.2, 0.25) is 0 Å². The lowest BCUT2D eigenvalue weighted by Crippen LogP contribution is -2.43. The van der Waals surface area contributed by atoms with Gasteiger partial charge in [0.1, 0.15) is 11.9 Å². The first-order valence-electron chi connectivity index (χ1n) is 10.5. The number of rotatable bonds is 8. The summed E-state index contributed by atoms with van der Waals surface area (Å²) in [5, 5.41) is 0. The Labute approximate surface area is 188 Å². The molecule has 3 aromatic rings. The summed E-state index contributed by atoms with van der Waals surface area (Å²) in [6.07, 6.45) is 3.75. The molecule has 6 heteroatoms. The third-order valence-corrected chi connectivity index (χ3v) is 5.37. The van der Waals surface area contributed by atoms with Gasteiger partial charge in [0, 0.05) is 24.5 Å². The summed E-state index contributed by atoms with van der Waals surface area (Å²) in [6.45, 7) is 6.94. The molecule has 6 nitrogen and oxygen atoms in total. The van der Waals surface area contributed by atoms with Crippen molar-refractivity contribution in [1.29, 1.82) is 0 Å². The van der Waals surface area contributed by atoms with E-state index >= 15 is 0 Å². The second-order valence-corrected chi connectivity index (χ2v) is 8.94. The van der Waals surface area contributed by atoms with E-state index in [0.29, 0.717) is 5.56 Å². The molecule has 0 bridgehead atoms. The van der Waals surface area contributed by atoms with E-state index < -0.39 is 22.9 Å². The third-order valence-electron chi connectivity index (χ3n) is 5.37. The number of imidazole rings is 1. The van der Waals surface area contributed by atoms with Crippen molar-refractivity contribution in [3.8, 4) is 5.69 Å². The summed E-state index contributed by atoms with van der Waals surface area (Å²) in [5.74, 6) is -1.76. The molecule has 32 heavy (non-hydrogen) atoms. The average Bonchev–Trinajstić information content (AvgIpc) is 3.27. The summed E-state index contributed by atoms with van der Waals surface area (Å²) >= 11 is 0. The van der Waals surface area contributed by atoms with Crippen molar-refractivity contribution >= 4 is 18.0 Å². The highest BCUT2D eigenvalue weighted by molar-refractivity contribution is 5.97. The Balaban J connectivity index is 2.00. The maximum atomic E-state index is 13.4. The van der Waals surface area contributed by atoms with Crippen molar-refractivity contribution < 1.29 is 19.1 Å². The van der Waals surface area contributed by atoms with Crippen molar-refractivity contribution in [2.45, 2.75) is 45.1 Å². The highest BCUT2D eigenvalue weighted by Gasteiger charge is 2.44. The van der Waals surface area contributed by atoms with Crippen molar-refractivity contribution in [1.82, 2.24) is 9.55 Å². The van der Waals surface area contributed by atoms with E-state index in [1.165, 1.54) is 0 Å². The van der Waals surface area contributed by atoms with Gasteiger partial charge in [-0.15, -0.1) is 0 Å². The molecule has 2 atom stereocenters. The second-order valence-electron chi connectivity index (χ2n) is 8.94. The highest BCUT2D eigenvalue weighted by Crippen LogP contribution is 2.35. The Bertz CT molecular complexity index is 1080. The second kappa shape index (κ2) is 9.30. The van der Waals surface area contributed by atoms with Gasteiger partial charge in [-0.1, -0.05) is 48.5 Å². The van der Waals surface area contributed by atoms with E-state index in [1.807, 2.05) is 36.4 Å². The maximum Gasteiger partial charge on any atom is 0.311 e. The van der Waals surface area contributed by atoms with Gasteiger partial charge in [0.25, 0.3) is 0 Å². The number of carbonyl (C=O) groups is 3. The van der Waals surface area contributed by atoms with Gasteiger partial charge in [0.2, 0.25) is 0 Å². The molecule has 0 radical (unpaired) electrons. The zero-order valence-electron chi connectivity index (χ0n) is 18.8. The molecule has 1 aromatic heterocycles. The minimum Gasteiger partial charge on any atom is -0.460 e. The van der Waals surface area contributed by atoms with E-state index in [-0.39, 0.29) is 18.0 Å². The molecule has 0 fully saturated rings. The molecule has 0 saturated carbocycles. The van der Waals surface area contributed by atoms with Gasteiger partial charge in [-0.25, -0.2) is 4.98 Å². The molecule has 0 amide bonds. The summed E-state index contributed by atoms with van der Waals surface area (Å²) in [5.41, 5.74) is -0.585. The van der Waals surface area contributed by atoms with Crippen molar-refractivity contribution in [3.05, 3.63) is 84.4 Å². The van der Waals surface area contributed by atoms with Crippen LogP contribution in [0.3, 0.4) is 0 Å². The van der Waals surface area contributed by atoms with E-state index in [0.717, 1.165) is 12.0 Å². The van der Waals surface area contributed by atoms with Gasteiger partial charge >= 0.3 is 5.97 Å². The van der Waals surface area contributed by atoms with Crippen LogP contribution in [0.15, 0.2) is 73.1 Å². The van der Waals surface area contributed by atoms with E-state index in [9.17, 15) is 14.4 Å². The fourth-order valence-electron chi connectivity index (χ4n) is 3.65. The van der Waals surface area contributed by atoms with Crippen LogP contribution in [-0.2, 0) is 19.7 Å². The number of hydrogen-bond acceptors (Lipinski definition) is 5. The van der Waals surface area contributed by atoms with E-state index in [4.69, 9.17) is 4.74 Å². The lowest BCUT2D eigenvalue weighted by atomic mass is 9.70. The van der Waals surface area contributed by atoms with Gasteiger partial charge < -0.3 is 9.53 Å². The molecule has 0 aliphatic carbocycles. The predicted octanol–water partition coefficient (Wildman–Crippen LogP) is 4.56. The van der Waals surface area contributed by atoms with Crippen LogP contribution in [-0.4, -0.2) is 33.2 Å². The van der Waals surface area contributed by atoms with Gasteiger partial charge in [0.15, 0.2) is 11.6 Å². The van der Waals surface area contributed by atoms with Gasteiger partial charge in [-0.05, 0) is 45.4 Å². The molecular formula is C26H28N2O4. The van der Waals surface area contributed by atoms with Gasteiger partial charge in [-0.2, -0.15) is 0 Å². The van der Waals surface area contributed by atoms with Crippen LogP contribution in [0.1, 0.15) is 50.3 Å². The number of nitrogens with zero attached hydrogens (tertiary/aromatic N) is 2. The van der Waals surface area contributed by atoms with Crippen LogP contribution < -0.4 is 0 Å². The summed E-state index contributed by atoms with van der Waals surface area (Å²) in [4.78, 5) is 43.2. The third kappa shape index (κ3) is 5.02. The maximum absolute atomic E-state index is 13.4. The standard InChI is InChI=1S/C26H28N2O4/c1-25(2,3)32-24(31)21(26(4,18-29)19-11-7-5-8-12-19)17-22(30)23-27-15-16-28(23)20-13-9-6-10-14-20/h5-16,18,21H,17H2,1-4H3/t21-,26-/m0/s1. The topological polar surface area (TPSA) is 78.3 Å². The summed E-state index contributed by atoms with van der Waals surface area (Å²) < 4.78 is 7.30. The van der Waals surface area contributed by atoms with Crippen molar-refractivity contribution in [2.75, 3.05) is 0 Å². The number of hydrogen-bond donors (Lipinski definition) is 0. The Morgan fingerprint density at radius 1 is 1.00 bits per heavy atom. The summed E-state index contributed by atoms with van der Waals surface area (Å²) in [6, 6.07) is 18.3. The van der Waals surface area contributed by atoms with Crippen LogP contribution >= 0.6 is 0 Å². The zero-order chi connectivity index (χ0) is 23.4. The van der Waals surface area contributed by atoms with Crippen LogP contribution in [0, 0.1) is 5.92 Å². The lowest BCUT2D eigenvalue weighted by molar-refractivity contribution is -0.163. The molecule has 3 rings (SSSR count). The average molecular weight is 433 g/mol. The molecule has 0 aliphatic heterocycles. The van der Waals surface area contributed by atoms with Gasteiger partial charge in [-0.3, -0.25) is 14.2 Å². The number of esters is 1. The van der Waals surface area contributed by atoms with Gasteiger partial charge in [0.05, 0.1) is 11.3 Å². The Hall–Kier alpha value is -3.54. The Morgan fingerprint density at radius 3 is 2.16 bits per heavy atom. The number of aldehydes is 1. The highest BCUT2D eigenvalue weighted by atomic mass is 16.6. The van der Waals surface area contributed by atoms with E-state index in [2.05, 4.69) is 4.98 Å². The van der Waals surface area contributed by atoms with Crippen LogP contribution in [0.5, 0.6) is 0 Å². The zero-order valence-corrected chi connectivity index (χ0v) is 18.8. The molecule has 0 aliphatic rings. The van der Waals surface area contributed by atoms with Crippen molar-refractivity contribution in [3.63, 3.8) is 0 Å². The number of ether oxygens (including phenoxy) is 1. The van der Waals surface area contributed by atoms with Crippen LogP contribution in [0.4, 0.5) is 0 Å². The van der Waals surface area contributed by atoms with E-state index in [1.54, 1.807) is 68.9 Å². The molecule has 0 saturated heterocycles. The molecular weight excluding hydrogens is 404 g/mol. The smallest absolute Gasteiger partial charge is 0.311 e. The fourth-order valence-corrected chi connectivity index (χ4v) is 3.65. The first kappa shape index (κ1) is 23.1. The fraction of sp³-hybridized carbons (Fsp3) is 0.308. The molecule has 0 N–H and O–H groups in total. The quantitative estimate of drug-likeness (QED) is 0.296. The SMILES string of the molecule is CC(C)(C)OC(=O)[C@H](CC(=O)c1nccn1-c1ccccc1)[C@@](C)(C=O)c1ccccc1. The number of benzene rings is 2. The predicted molar refractivity (Wildman–Crippen MR) is 122 cm³/mol. The first-order valence-corrected chi connectivity index (χ1v) is 10.5. The molecule has 0 unspecified atom stereocenters. The van der Waals surface area contributed by atoms with Crippen LogP contribution in [0.25, 0.3) is 5.69 Å². The molecule has 0 spiro atoms. The Kier molecular flexibility index (Phi) is 6.72. The minimum absolute atomic E-state index is 0.200.